The van der Waals surface area contributed by atoms with Crippen molar-refractivity contribution in [1.82, 2.24) is 10.6 Å². The molecule has 1 aliphatic carbocycles. The summed E-state index contributed by atoms with van der Waals surface area (Å²) in [4.78, 5) is 4.27. The highest BCUT2D eigenvalue weighted by atomic mass is 127. The molecule has 0 aromatic heterocycles. The van der Waals surface area contributed by atoms with Crippen molar-refractivity contribution >= 4 is 51.5 Å². The van der Waals surface area contributed by atoms with E-state index >= 15 is 0 Å². The van der Waals surface area contributed by atoms with Gasteiger partial charge in [0.1, 0.15) is 0 Å². The molecule has 4 unspecified atom stereocenters. The Morgan fingerprint density at radius 2 is 1.96 bits per heavy atom. The molecular weight excluding hydrogens is 493 g/mol. The van der Waals surface area contributed by atoms with Gasteiger partial charge in [-0.2, -0.15) is 0 Å². The van der Waals surface area contributed by atoms with E-state index in [9.17, 15) is 8.42 Å². The Kier molecular flexibility index (Phi) is 12.4. The third-order valence-electron chi connectivity index (χ3n) is 4.64. The largest absolute Gasteiger partial charge is 0.355 e. The van der Waals surface area contributed by atoms with Gasteiger partial charge in [0.2, 0.25) is 0 Å². The van der Waals surface area contributed by atoms with Crippen molar-refractivity contribution in [3.05, 3.63) is 35.9 Å². The Bertz CT molecular complexity index is 629. The Morgan fingerprint density at radius 1 is 1.22 bits per heavy atom. The number of hydrogen-bond donors (Lipinski definition) is 2. The lowest BCUT2D eigenvalue weighted by Crippen LogP contribution is -2.47. The zero-order valence-corrected chi connectivity index (χ0v) is 20.2. The molecule has 1 fully saturated rings. The highest BCUT2D eigenvalue weighted by Crippen LogP contribution is 2.22. The number of guanidine groups is 1. The van der Waals surface area contributed by atoms with Crippen LogP contribution in [0, 0.1) is 0 Å². The van der Waals surface area contributed by atoms with Crippen molar-refractivity contribution in [3.8, 4) is 0 Å². The van der Waals surface area contributed by atoms with Gasteiger partial charge in [-0.1, -0.05) is 43.7 Å². The van der Waals surface area contributed by atoms with E-state index in [1.54, 1.807) is 7.05 Å². The minimum absolute atomic E-state index is 0. The maximum atomic E-state index is 12.2. The first kappa shape index (κ1) is 24.6. The first-order chi connectivity index (χ1) is 12.6. The number of rotatable bonds is 8. The molecule has 1 aromatic carbocycles. The smallest absolute Gasteiger partial charge is 0.191 e. The predicted octanol–water partition coefficient (Wildman–Crippen LogP) is 2.80. The molecule has 8 heteroatoms. The van der Waals surface area contributed by atoms with Gasteiger partial charge in [-0.25, -0.2) is 0 Å². The van der Waals surface area contributed by atoms with Crippen LogP contribution in [-0.4, -0.2) is 50.8 Å². The van der Waals surface area contributed by atoms with Gasteiger partial charge >= 0.3 is 0 Å². The molecule has 1 aliphatic rings. The molecule has 0 amide bonds. The van der Waals surface area contributed by atoms with E-state index in [0.717, 1.165) is 43.0 Å². The lowest BCUT2D eigenvalue weighted by molar-refractivity contribution is 0.414. The van der Waals surface area contributed by atoms with Crippen molar-refractivity contribution in [3.63, 3.8) is 0 Å². The van der Waals surface area contributed by atoms with Crippen LogP contribution in [0.25, 0.3) is 0 Å². The van der Waals surface area contributed by atoms with E-state index in [1.807, 2.05) is 37.3 Å². The van der Waals surface area contributed by atoms with E-state index in [-0.39, 0.29) is 24.0 Å². The van der Waals surface area contributed by atoms with Crippen LogP contribution in [0.15, 0.2) is 35.3 Å². The number of aliphatic imine (C=N–C) groups is 1. The van der Waals surface area contributed by atoms with Crippen molar-refractivity contribution in [1.29, 1.82) is 0 Å². The van der Waals surface area contributed by atoms with Crippen LogP contribution in [0.5, 0.6) is 0 Å². The number of nitrogens with one attached hydrogen (secondary N) is 2. The molecule has 0 heterocycles. The predicted molar refractivity (Wildman–Crippen MR) is 128 cm³/mol. The topological polar surface area (TPSA) is 70.6 Å². The second-order valence-corrected chi connectivity index (χ2v) is 10.2. The fraction of sp³-hybridized carbons (Fsp3) is 0.632. The van der Waals surface area contributed by atoms with E-state index in [2.05, 4.69) is 15.6 Å². The second-order valence-electron chi connectivity index (χ2n) is 6.57. The van der Waals surface area contributed by atoms with Gasteiger partial charge in [-0.3, -0.25) is 13.4 Å². The number of nitrogens with zero attached hydrogens (tertiary/aromatic N) is 1. The Balaban J connectivity index is 0.00000364. The van der Waals surface area contributed by atoms with E-state index in [0.29, 0.717) is 29.3 Å². The van der Waals surface area contributed by atoms with Crippen molar-refractivity contribution < 1.29 is 8.42 Å². The Labute approximate surface area is 185 Å². The molecule has 4 atom stereocenters. The van der Waals surface area contributed by atoms with Crippen LogP contribution < -0.4 is 10.6 Å². The molecule has 1 aromatic rings. The average Bonchev–Trinajstić information content (AvgIpc) is 2.67. The molecule has 2 rings (SSSR count). The lowest BCUT2D eigenvalue weighted by atomic mass is 9.95. The molecule has 154 valence electrons. The summed E-state index contributed by atoms with van der Waals surface area (Å²) in [6.07, 6.45) is 4.18. The third-order valence-corrected chi connectivity index (χ3v) is 7.70. The molecule has 0 saturated heterocycles. The molecule has 0 aliphatic heterocycles. The van der Waals surface area contributed by atoms with Gasteiger partial charge in [0, 0.05) is 63.7 Å². The molecule has 27 heavy (non-hydrogen) atoms. The second kappa shape index (κ2) is 13.7. The fourth-order valence-corrected chi connectivity index (χ4v) is 5.64. The minimum atomic E-state index is -0.895. The van der Waals surface area contributed by atoms with Crippen molar-refractivity contribution in [2.75, 3.05) is 25.1 Å². The van der Waals surface area contributed by atoms with Gasteiger partial charge in [0.15, 0.2) is 5.96 Å². The maximum Gasteiger partial charge on any atom is 0.191 e. The first-order valence-electron chi connectivity index (χ1n) is 9.35. The molecule has 5 nitrogen and oxygen atoms in total. The summed E-state index contributed by atoms with van der Waals surface area (Å²) in [6, 6.07) is 10.2. The zero-order chi connectivity index (χ0) is 18.8. The Morgan fingerprint density at radius 3 is 2.63 bits per heavy atom. The third kappa shape index (κ3) is 9.04. The molecule has 0 spiro atoms. The zero-order valence-electron chi connectivity index (χ0n) is 16.2. The summed E-state index contributed by atoms with van der Waals surface area (Å²) in [5.74, 6) is 2.65. The summed E-state index contributed by atoms with van der Waals surface area (Å²) in [5.41, 5.74) is 1.10. The van der Waals surface area contributed by atoms with E-state index < -0.39 is 21.6 Å². The summed E-state index contributed by atoms with van der Waals surface area (Å²) in [7, 11) is 0.134. The van der Waals surface area contributed by atoms with Crippen molar-refractivity contribution in [2.45, 2.75) is 49.7 Å². The lowest BCUT2D eigenvalue weighted by Gasteiger charge is -2.30. The van der Waals surface area contributed by atoms with Crippen LogP contribution in [0.4, 0.5) is 0 Å². The normalized spacial score (nSPS) is 22.4. The molecule has 2 N–H and O–H groups in total. The van der Waals surface area contributed by atoms with Crippen LogP contribution in [0.2, 0.25) is 0 Å². The molecule has 0 bridgehead atoms. The first-order valence-corrected chi connectivity index (χ1v) is 12.2. The summed E-state index contributed by atoms with van der Waals surface area (Å²) in [6.45, 7) is 2.61. The van der Waals surface area contributed by atoms with Gasteiger partial charge in [0.25, 0.3) is 0 Å². The Hall–Kier alpha value is -0.480. The monoisotopic (exact) mass is 525 g/mol. The molecule has 0 radical (unpaired) electrons. The van der Waals surface area contributed by atoms with Gasteiger partial charge in [-0.05, 0) is 24.8 Å². The maximum absolute atomic E-state index is 12.2. The number of benzene rings is 1. The number of hydrogen-bond acceptors (Lipinski definition) is 3. The van der Waals surface area contributed by atoms with Crippen LogP contribution in [0.1, 0.15) is 38.2 Å². The quantitative estimate of drug-likeness (QED) is 0.311. The molecule has 1 saturated carbocycles. The van der Waals surface area contributed by atoms with Crippen LogP contribution in [0.3, 0.4) is 0 Å². The summed E-state index contributed by atoms with van der Waals surface area (Å²) >= 11 is 0. The van der Waals surface area contributed by atoms with E-state index in [4.69, 9.17) is 0 Å². The van der Waals surface area contributed by atoms with Crippen LogP contribution >= 0.6 is 24.0 Å². The fourth-order valence-electron chi connectivity index (χ4n) is 3.25. The van der Waals surface area contributed by atoms with Crippen LogP contribution in [-0.2, 0) is 27.4 Å². The summed E-state index contributed by atoms with van der Waals surface area (Å²) < 4.78 is 24.3. The standard InChI is InChI=1S/C19H31N3O2S2.HI/c1-3-26(24)18-11-7-10-17(14-18)22-19(20-2)21-12-13-25(23)15-16-8-5-4-6-9-16;/h4-6,8-9,17-18H,3,7,10-15H2,1-2H3,(H2,20,21,22);1H. The number of halogens is 1. The highest BCUT2D eigenvalue weighted by Gasteiger charge is 2.25. The minimum Gasteiger partial charge on any atom is -0.355 e. The van der Waals surface area contributed by atoms with Gasteiger partial charge < -0.3 is 10.6 Å². The average molecular weight is 526 g/mol. The molecular formula is C19H32IN3O2S2. The van der Waals surface area contributed by atoms with Crippen molar-refractivity contribution in [2.24, 2.45) is 4.99 Å². The van der Waals surface area contributed by atoms with E-state index in [1.165, 1.54) is 0 Å². The summed E-state index contributed by atoms with van der Waals surface area (Å²) in [5, 5.41) is 7.00. The SMILES string of the molecule is CCS(=O)C1CCCC(NC(=NC)NCCS(=O)Cc2ccccc2)C1.I. The highest BCUT2D eigenvalue weighted by molar-refractivity contribution is 14.0. The van der Waals surface area contributed by atoms with Gasteiger partial charge in [0.05, 0.1) is 0 Å². The van der Waals surface area contributed by atoms with Gasteiger partial charge in [-0.15, -0.1) is 24.0 Å².